The SMILES string of the molecule is COc1ccc2c(Nc3cccc(CCOC(=O)NC(C)C)c3)c3cc(C)ccc3nc2c1. The maximum atomic E-state index is 11.7. The Kier molecular flexibility index (Phi) is 6.63. The zero-order valence-electron chi connectivity index (χ0n) is 19.4. The number of hydrogen-bond donors (Lipinski definition) is 2. The molecule has 0 atom stereocenters. The molecule has 0 spiro atoms. The summed E-state index contributed by atoms with van der Waals surface area (Å²) in [6, 6.07) is 20.4. The third-order valence-corrected chi connectivity index (χ3v) is 5.36. The molecule has 4 rings (SSSR count). The standard InChI is InChI=1S/C27H29N3O3/c1-17(2)28-27(31)33-13-12-19-6-5-7-20(15-19)29-26-22-10-9-21(32-4)16-25(22)30-24-11-8-18(3)14-23(24)26/h5-11,14-17H,12-13H2,1-4H3,(H,28,31)(H,29,30). The van der Waals surface area contributed by atoms with Crippen molar-refractivity contribution in [3.63, 3.8) is 0 Å². The number of ether oxygens (including phenoxy) is 2. The Labute approximate surface area is 193 Å². The van der Waals surface area contributed by atoms with Crippen LogP contribution in [0.4, 0.5) is 16.2 Å². The largest absolute Gasteiger partial charge is 0.497 e. The van der Waals surface area contributed by atoms with E-state index in [0.29, 0.717) is 13.0 Å². The second kappa shape index (κ2) is 9.77. The maximum Gasteiger partial charge on any atom is 0.407 e. The van der Waals surface area contributed by atoms with Gasteiger partial charge in [0.1, 0.15) is 5.75 Å². The first-order valence-corrected chi connectivity index (χ1v) is 11.1. The first kappa shape index (κ1) is 22.4. The molecule has 170 valence electrons. The van der Waals surface area contributed by atoms with Crippen LogP contribution in [0.3, 0.4) is 0 Å². The summed E-state index contributed by atoms with van der Waals surface area (Å²) in [7, 11) is 1.66. The summed E-state index contributed by atoms with van der Waals surface area (Å²) < 4.78 is 10.7. The molecular formula is C27H29N3O3. The summed E-state index contributed by atoms with van der Waals surface area (Å²) in [4.78, 5) is 16.6. The molecule has 6 heteroatoms. The van der Waals surface area contributed by atoms with Gasteiger partial charge in [-0.1, -0.05) is 23.8 Å². The molecule has 0 radical (unpaired) electrons. The molecule has 1 amide bonds. The summed E-state index contributed by atoms with van der Waals surface area (Å²) in [6.07, 6.45) is 0.245. The molecule has 1 heterocycles. The van der Waals surface area contributed by atoms with Crippen LogP contribution in [-0.4, -0.2) is 30.8 Å². The highest BCUT2D eigenvalue weighted by Crippen LogP contribution is 2.35. The number of fused-ring (bicyclic) bond motifs is 2. The number of benzene rings is 3. The van der Waals surface area contributed by atoms with E-state index in [1.54, 1.807) is 7.11 Å². The summed E-state index contributed by atoms with van der Waals surface area (Å²) in [6.45, 7) is 6.21. The van der Waals surface area contributed by atoms with Gasteiger partial charge in [-0.25, -0.2) is 9.78 Å². The van der Waals surface area contributed by atoms with E-state index in [-0.39, 0.29) is 12.1 Å². The van der Waals surface area contributed by atoms with Crippen molar-refractivity contribution in [2.45, 2.75) is 33.2 Å². The topological polar surface area (TPSA) is 72.5 Å². The number of carbonyl (C=O) groups excluding carboxylic acids is 1. The van der Waals surface area contributed by atoms with Gasteiger partial charge in [-0.3, -0.25) is 0 Å². The fourth-order valence-electron chi connectivity index (χ4n) is 3.79. The minimum absolute atomic E-state index is 0.0543. The summed E-state index contributed by atoms with van der Waals surface area (Å²) in [5.41, 5.74) is 6.01. The zero-order chi connectivity index (χ0) is 23.4. The van der Waals surface area contributed by atoms with Gasteiger partial charge in [-0.05, 0) is 62.7 Å². The molecule has 33 heavy (non-hydrogen) atoms. The van der Waals surface area contributed by atoms with Crippen molar-refractivity contribution in [3.05, 3.63) is 71.8 Å². The summed E-state index contributed by atoms with van der Waals surface area (Å²) in [5, 5.41) is 8.43. The molecule has 0 aliphatic heterocycles. The number of anilines is 2. The number of alkyl carbamates (subject to hydrolysis) is 1. The number of pyridine rings is 1. The molecule has 1 aromatic heterocycles. The molecule has 0 fully saturated rings. The number of hydrogen-bond acceptors (Lipinski definition) is 5. The van der Waals surface area contributed by atoms with Crippen molar-refractivity contribution in [1.29, 1.82) is 0 Å². The number of aryl methyl sites for hydroxylation is 1. The molecule has 0 unspecified atom stereocenters. The first-order valence-electron chi connectivity index (χ1n) is 11.1. The first-order chi connectivity index (χ1) is 15.9. The van der Waals surface area contributed by atoms with Gasteiger partial charge in [0.05, 0.1) is 30.4 Å². The second-order valence-corrected chi connectivity index (χ2v) is 8.40. The van der Waals surface area contributed by atoms with E-state index in [1.165, 1.54) is 5.56 Å². The zero-order valence-corrected chi connectivity index (χ0v) is 19.4. The predicted octanol–water partition coefficient (Wildman–Crippen LogP) is 6.13. The molecule has 0 bridgehead atoms. The Balaban J connectivity index is 1.63. The highest BCUT2D eigenvalue weighted by atomic mass is 16.5. The van der Waals surface area contributed by atoms with Gasteiger partial charge in [0.2, 0.25) is 0 Å². The second-order valence-electron chi connectivity index (χ2n) is 8.40. The van der Waals surface area contributed by atoms with Crippen LogP contribution in [0.15, 0.2) is 60.7 Å². The lowest BCUT2D eigenvalue weighted by Gasteiger charge is -2.15. The quantitative estimate of drug-likeness (QED) is 0.336. The molecule has 0 saturated carbocycles. The average Bonchev–Trinajstić information content (AvgIpc) is 2.78. The Morgan fingerprint density at radius 1 is 1.00 bits per heavy atom. The molecule has 3 aromatic carbocycles. The Morgan fingerprint density at radius 3 is 2.64 bits per heavy atom. The molecule has 0 aliphatic carbocycles. The van der Waals surface area contributed by atoms with Gasteiger partial charge in [0.25, 0.3) is 0 Å². The van der Waals surface area contributed by atoms with Crippen LogP contribution >= 0.6 is 0 Å². The molecule has 6 nitrogen and oxygen atoms in total. The minimum atomic E-state index is -0.389. The van der Waals surface area contributed by atoms with Crippen LogP contribution in [0.5, 0.6) is 5.75 Å². The molecule has 0 aliphatic rings. The van der Waals surface area contributed by atoms with Crippen molar-refractivity contribution >= 4 is 39.3 Å². The lowest BCUT2D eigenvalue weighted by molar-refractivity contribution is 0.145. The number of aromatic nitrogens is 1. The van der Waals surface area contributed by atoms with E-state index in [4.69, 9.17) is 14.5 Å². The lowest BCUT2D eigenvalue weighted by atomic mass is 10.0. The van der Waals surface area contributed by atoms with Gasteiger partial charge in [0.15, 0.2) is 0 Å². The van der Waals surface area contributed by atoms with Crippen molar-refractivity contribution in [2.75, 3.05) is 19.0 Å². The van der Waals surface area contributed by atoms with Gasteiger partial charge >= 0.3 is 6.09 Å². The van der Waals surface area contributed by atoms with Gasteiger partial charge in [-0.15, -0.1) is 0 Å². The lowest BCUT2D eigenvalue weighted by Crippen LogP contribution is -2.31. The minimum Gasteiger partial charge on any atom is -0.497 e. The smallest absolute Gasteiger partial charge is 0.407 e. The van der Waals surface area contributed by atoms with Crippen LogP contribution in [0.1, 0.15) is 25.0 Å². The number of carbonyl (C=O) groups is 1. The van der Waals surface area contributed by atoms with E-state index < -0.39 is 0 Å². The summed E-state index contributed by atoms with van der Waals surface area (Å²) in [5.74, 6) is 0.774. The third-order valence-electron chi connectivity index (χ3n) is 5.36. The van der Waals surface area contributed by atoms with Gasteiger partial charge < -0.3 is 20.1 Å². The van der Waals surface area contributed by atoms with E-state index >= 15 is 0 Å². The van der Waals surface area contributed by atoms with Crippen LogP contribution in [0.25, 0.3) is 21.8 Å². The van der Waals surface area contributed by atoms with Crippen molar-refractivity contribution in [2.24, 2.45) is 0 Å². The Morgan fingerprint density at radius 2 is 1.85 bits per heavy atom. The molecule has 2 N–H and O–H groups in total. The monoisotopic (exact) mass is 443 g/mol. The summed E-state index contributed by atoms with van der Waals surface area (Å²) >= 11 is 0. The number of nitrogens with zero attached hydrogens (tertiary/aromatic N) is 1. The van der Waals surface area contributed by atoms with Crippen molar-refractivity contribution in [3.8, 4) is 5.75 Å². The molecular weight excluding hydrogens is 414 g/mol. The molecule has 4 aromatic rings. The van der Waals surface area contributed by atoms with E-state index in [2.05, 4.69) is 35.8 Å². The van der Waals surface area contributed by atoms with E-state index in [0.717, 1.165) is 44.5 Å². The number of rotatable bonds is 7. The van der Waals surface area contributed by atoms with Crippen LogP contribution in [0.2, 0.25) is 0 Å². The van der Waals surface area contributed by atoms with Crippen molar-refractivity contribution in [1.82, 2.24) is 10.3 Å². The Bertz CT molecular complexity index is 1300. The number of amides is 1. The van der Waals surface area contributed by atoms with Gasteiger partial charge in [-0.2, -0.15) is 0 Å². The predicted molar refractivity (Wildman–Crippen MR) is 134 cm³/mol. The number of nitrogens with one attached hydrogen (secondary N) is 2. The fourth-order valence-corrected chi connectivity index (χ4v) is 3.79. The normalized spacial score (nSPS) is 11.1. The van der Waals surface area contributed by atoms with Crippen LogP contribution in [0, 0.1) is 6.92 Å². The van der Waals surface area contributed by atoms with Crippen LogP contribution in [-0.2, 0) is 11.2 Å². The fraction of sp³-hybridized carbons (Fsp3) is 0.259. The van der Waals surface area contributed by atoms with E-state index in [1.807, 2.05) is 56.3 Å². The third kappa shape index (κ3) is 5.34. The Hall–Kier alpha value is -3.80. The van der Waals surface area contributed by atoms with E-state index in [9.17, 15) is 4.79 Å². The van der Waals surface area contributed by atoms with Gasteiger partial charge in [0, 0.05) is 35.0 Å². The highest BCUT2D eigenvalue weighted by Gasteiger charge is 2.12. The molecule has 0 saturated heterocycles. The van der Waals surface area contributed by atoms with Crippen LogP contribution < -0.4 is 15.4 Å². The van der Waals surface area contributed by atoms with Crippen molar-refractivity contribution < 1.29 is 14.3 Å². The average molecular weight is 444 g/mol. The maximum absolute atomic E-state index is 11.7. The number of methoxy groups -OCH3 is 1. The highest BCUT2D eigenvalue weighted by molar-refractivity contribution is 6.09.